The molecule has 1 N–H and O–H groups in total. The van der Waals surface area contributed by atoms with Crippen LogP contribution < -0.4 is 5.32 Å². The van der Waals surface area contributed by atoms with E-state index < -0.39 is 11.5 Å². The number of hydrogen-bond acceptors (Lipinski definition) is 2. The van der Waals surface area contributed by atoms with Crippen LogP contribution in [0.25, 0.3) is 0 Å². The number of hydrogen-bond donors (Lipinski definition) is 1. The molecular formula is C27H23Cl2FN2O2. The van der Waals surface area contributed by atoms with Crippen LogP contribution in [0, 0.1) is 5.82 Å². The fourth-order valence-electron chi connectivity index (χ4n) is 5.32. The summed E-state index contributed by atoms with van der Waals surface area (Å²) in [4.78, 5) is 29.0. The Bertz CT molecular complexity index is 1240. The largest absolute Gasteiger partial charge is 0.324 e. The van der Waals surface area contributed by atoms with Gasteiger partial charge in [-0.2, -0.15) is 0 Å². The van der Waals surface area contributed by atoms with Crippen LogP contribution in [0.4, 0.5) is 10.1 Å². The SMILES string of the molecule is O=C1CN(C(=O)C2(c3ccc(Cl)cc3)CCCC2)C(c2ccc(F)cc2)c2cc(Cl)ccc2N1. The van der Waals surface area contributed by atoms with Gasteiger partial charge in [0, 0.05) is 21.3 Å². The molecule has 0 spiro atoms. The molecule has 2 aliphatic rings. The van der Waals surface area contributed by atoms with Crippen LogP contribution in [0.1, 0.15) is 48.4 Å². The van der Waals surface area contributed by atoms with Gasteiger partial charge in [-0.3, -0.25) is 9.59 Å². The minimum absolute atomic E-state index is 0.121. The van der Waals surface area contributed by atoms with Crippen molar-refractivity contribution in [1.29, 1.82) is 0 Å². The van der Waals surface area contributed by atoms with E-state index in [-0.39, 0.29) is 24.2 Å². The summed E-state index contributed by atoms with van der Waals surface area (Å²) in [5.41, 5.74) is 2.13. The number of rotatable bonds is 3. The van der Waals surface area contributed by atoms with Crippen LogP contribution in [0.5, 0.6) is 0 Å². The zero-order valence-corrected chi connectivity index (χ0v) is 19.9. The molecule has 174 valence electrons. The lowest BCUT2D eigenvalue weighted by atomic mass is 9.76. The molecule has 1 atom stereocenters. The van der Waals surface area contributed by atoms with Gasteiger partial charge in [-0.15, -0.1) is 0 Å². The van der Waals surface area contributed by atoms with Crippen molar-refractivity contribution in [3.8, 4) is 0 Å². The molecule has 4 nitrogen and oxygen atoms in total. The summed E-state index contributed by atoms with van der Waals surface area (Å²) in [5.74, 6) is -0.778. The highest BCUT2D eigenvalue weighted by molar-refractivity contribution is 6.31. The Hall–Kier alpha value is -2.89. The molecule has 1 aliphatic heterocycles. The maximum atomic E-state index is 14.5. The summed E-state index contributed by atoms with van der Waals surface area (Å²) >= 11 is 12.5. The smallest absolute Gasteiger partial charge is 0.244 e. The Morgan fingerprint density at radius 3 is 2.26 bits per heavy atom. The quantitative estimate of drug-likeness (QED) is 0.448. The number of nitrogens with one attached hydrogen (secondary N) is 1. The molecule has 5 rings (SSSR count). The monoisotopic (exact) mass is 496 g/mol. The van der Waals surface area contributed by atoms with Crippen LogP contribution in [-0.2, 0) is 15.0 Å². The molecule has 2 amide bonds. The lowest BCUT2D eigenvalue weighted by Gasteiger charge is -2.38. The van der Waals surface area contributed by atoms with Gasteiger partial charge in [0.25, 0.3) is 0 Å². The maximum Gasteiger partial charge on any atom is 0.244 e. The van der Waals surface area contributed by atoms with Crippen molar-refractivity contribution in [3.05, 3.63) is 99.3 Å². The molecular weight excluding hydrogens is 474 g/mol. The number of halogens is 3. The van der Waals surface area contributed by atoms with E-state index >= 15 is 0 Å². The van der Waals surface area contributed by atoms with E-state index in [2.05, 4.69) is 5.32 Å². The molecule has 0 aromatic heterocycles. The van der Waals surface area contributed by atoms with Crippen molar-refractivity contribution in [3.63, 3.8) is 0 Å². The first-order chi connectivity index (χ1) is 16.4. The third-order valence-corrected chi connectivity index (χ3v) is 7.40. The van der Waals surface area contributed by atoms with E-state index in [0.717, 1.165) is 18.4 Å². The van der Waals surface area contributed by atoms with Crippen molar-refractivity contribution < 1.29 is 14.0 Å². The van der Waals surface area contributed by atoms with Gasteiger partial charge in [-0.25, -0.2) is 4.39 Å². The molecule has 0 radical (unpaired) electrons. The lowest BCUT2D eigenvalue weighted by Crippen LogP contribution is -2.49. The van der Waals surface area contributed by atoms with Crippen LogP contribution in [0.2, 0.25) is 10.0 Å². The summed E-state index contributed by atoms with van der Waals surface area (Å²) < 4.78 is 13.8. The number of amides is 2. The van der Waals surface area contributed by atoms with Gasteiger partial charge in [0.05, 0.1) is 11.5 Å². The number of nitrogens with zero attached hydrogens (tertiary/aromatic N) is 1. The van der Waals surface area contributed by atoms with Gasteiger partial charge in [-0.05, 0) is 66.4 Å². The van der Waals surface area contributed by atoms with Gasteiger partial charge in [0.1, 0.15) is 12.4 Å². The van der Waals surface area contributed by atoms with E-state index in [1.54, 1.807) is 47.4 Å². The molecule has 1 saturated carbocycles. The normalized spacial score (nSPS) is 19.3. The zero-order valence-electron chi connectivity index (χ0n) is 18.4. The summed E-state index contributed by atoms with van der Waals surface area (Å²) in [7, 11) is 0. The van der Waals surface area contributed by atoms with Crippen LogP contribution >= 0.6 is 23.2 Å². The van der Waals surface area contributed by atoms with Gasteiger partial charge in [0.15, 0.2) is 0 Å². The fraction of sp³-hybridized carbons (Fsp3) is 0.259. The molecule has 0 saturated heterocycles. The Morgan fingerprint density at radius 2 is 1.59 bits per heavy atom. The number of anilines is 1. The third-order valence-electron chi connectivity index (χ3n) is 6.92. The van der Waals surface area contributed by atoms with Crippen molar-refractivity contribution in [2.45, 2.75) is 37.1 Å². The molecule has 34 heavy (non-hydrogen) atoms. The number of benzene rings is 3. The molecule has 7 heteroatoms. The third kappa shape index (κ3) is 4.08. The predicted molar refractivity (Wildman–Crippen MR) is 132 cm³/mol. The fourth-order valence-corrected chi connectivity index (χ4v) is 5.63. The van der Waals surface area contributed by atoms with Crippen LogP contribution in [0.3, 0.4) is 0 Å². The van der Waals surface area contributed by atoms with Crippen molar-refractivity contribution in [1.82, 2.24) is 4.90 Å². The number of fused-ring (bicyclic) bond motifs is 1. The predicted octanol–water partition coefficient (Wildman–Crippen LogP) is 6.51. The van der Waals surface area contributed by atoms with Gasteiger partial charge in [0.2, 0.25) is 11.8 Å². The molecule has 3 aromatic carbocycles. The molecule has 1 unspecified atom stereocenters. The second-order valence-electron chi connectivity index (χ2n) is 8.96. The molecule has 1 aliphatic carbocycles. The first kappa shape index (κ1) is 22.9. The van der Waals surface area contributed by atoms with E-state index in [1.165, 1.54) is 12.1 Å². The Balaban J connectivity index is 1.68. The summed E-state index contributed by atoms with van der Waals surface area (Å²) in [6, 6.07) is 18.1. The average molecular weight is 497 g/mol. The van der Waals surface area contributed by atoms with E-state index in [0.29, 0.717) is 39.7 Å². The van der Waals surface area contributed by atoms with Crippen LogP contribution in [0.15, 0.2) is 66.7 Å². The molecule has 1 fully saturated rings. The minimum atomic E-state index is -0.758. The van der Waals surface area contributed by atoms with E-state index in [1.807, 2.05) is 12.1 Å². The minimum Gasteiger partial charge on any atom is -0.324 e. The highest BCUT2D eigenvalue weighted by Gasteiger charge is 2.48. The summed E-state index contributed by atoms with van der Waals surface area (Å²) in [5, 5.41) is 4.00. The maximum absolute atomic E-state index is 14.5. The second-order valence-corrected chi connectivity index (χ2v) is 9.84. The highest BCUT2D eigenvalue weighted by atomic mass is 35.5. The Kier molecular flexibility index (Phi) is 6.09. The topological polar surface area (TPSA) is 49.4 Å². The number of carbonyl (C=O) groups excluding carboxylic acids is 2. The standard InChI is InChI=1S/C27H23Cl2FN2O2/c28-19-7-5-18(6-8-19)27(13-1-2-14-27)26(34)32-16-24(33)31-23-12-9-20(29)15-22(23)25(32)17-3-10-21(30)11-4-17/h3-12,15,25H,1-2,13-14,16H2,(H,31,33). The van der Waals surface area contributed by atoms with E-state index in [9.17, 15) is 14.0 Å². The van der Waals surface area contributed by atoms with Gasteiger partial charge >= 0.3 is 0 Å². The van der Waals surface area contributed by atoms with Crippen molar-refractivity contribution >= 4 is 40.7 Å². The second kappa shape index (κ2) is 9.05. The summed E-state index contributed by atoms with van der Waals surface area (Å²) in [6.45, 7) is -0.123. The van der Waals surface area contributed by atoms with Gasteiger partial charge in [-0.1, -0.05) is 60.3 Å². The average Bonchev–Trinajstić information content (AvgIpc) is 3.27. The van der Waals surface area contributed by atoms with Crippen molar-refractivity contribution in [2.75, 3.05) is 11.9 Å². The molecule has 1 heterocycles. The zero-order chi connectivity index (χ0) is 23.9. The molecule has 3 aromatic rings. The van der Waals surface area contributed by atoms with Gasteiger partial charge < -0.3 is 10.2 Å². The molecule has 0 bridgehead atoms. The highest BCUT2D eigenvalue weighted by Crippen LogP contribution is 2.46. The first-order valence-electron chi connectivity index (χ1n) is 11.3. The Labute approximate surface area is 207 Å². The first-order valence-corrected chi connectivity index (χ1v) is 12.0. The van der Waals surface area contributed by atoms with Crippen LogP contribution in [-0.4, -0.2) is 23.3 Å². The number of carbonyl (C=O) groups is 2. The summed E-state index contributed by atoms with van der Waals surface area (Å²) in [6.07, 6.45) is 3.20. The van der Waals surface area contributed by atoms with E-state index in [4.69, 9.17) is 23.2 Å². The Morgan fingerprint density at radius 1 is 0.941 bits per heavy atom. The van der Waals surface area contributed by atoms with Crippen molar-refractivity contribution in [2.24, 2.45) is 0 Å². The lowest BCUT2D eigenvalue weighted by molar-refractivity contribution is -0.141.